The first kappa shape index (κ1) is 15.6. The van der Waals surface area contributed by atoms with Gasteiger partial charge in [-0.1, -0.05) is 28.1 Å². The van der Waals surface area contributed by atoms with Crippen LogP contribution in [0.5, 0.6) is 0 Å². The largest absolute Gasteiger partial charge is 0.345 e. The van der Waals surface area contributed by atoms with Crippen LogP contribution >= 0.6 is 15.9 Å². The van der Waals surface area contributed by atoms with E-state index in [1.54, 1.807) is 6.33 Å². The van der Waals surface area contributed by atoms with Gasteiger partial charge in [-0.15, -0.1) is 10.2 Å². The molecule has 7 heteroatoms. The second kappa shape index (κ2) is 6.42. The number of hydrogen-bond donors (Lipinski definition) is 0. The molecule has 1 aromatic heterocycles. The maximum absolute atomic E-state index is 12.3. The molecular weight excluding hydrogens is 356 g/mol. The van der Waals surface area contributed by atoms with Crippen LogP contribution < -0.4 is 0 Å². The third-order valence-corrected chi connectivity index (χ3v) is 4.62. The molecule has 1 saturated carbocycles. The number of aryl methyl sites for hydroxylation is 1. The van der Waals surface area contributed by atoms with Crippen molar-refractivity contribution in [2.24, 2.45) is 13.0 Å². The summed E-state index contributed by atoms with van der Waals surface area (Å²) in [6.07, 6.45) is 2.50. The van der Waals surface area contributed by atoms with Crippen molar-refractivity contribution < 1.29 is 13.5 Å². The number of benzene rings is 1. The summed E-state index contributed by atoms with van der Waals surface area (Å²) in [5.41, 5.74) is 1.10. The average molecular weight is 372 g/mol. The summed E-state index contributed by atoms with van der Waals surface area (Å²) in [4.78, 5) is 0. The summed E-state index contributed by atoms with van der Waals surface area (Å²) in [5.74, 6) is 1.10. The summed E-state index contributed by atoms with van der Waals surface area (Å²) >= 11 is 3.48. The van der Waals surface area contributed by atoms with E-state index in [-0.39, 0.29) is 17.9 Å². The molecule has 1 aliphatic carbocycles. The summed E-state index contributed by atoms with van der Waals surface area (Å²) in [7, 11) is 1.89. The summed E-state index contributed by atoms with van der Waals surface area (Å²) in [6.45, 7) is -2.70. The van der Waals surface area contributed by atoms with Crippen LogP contribution in [0.1, 0.15) is 30.1 Å². The minimum atomic E-state index is -2.70. The van der Waals surface area contributed by atoms with Gasteiger partial charge in [0.05, 0.1) is 6.10 Å². The number of rotatable bonds is 5. The highest BCUT2D eigenvalue weighted by atomic mass is 79.9. The van der Waals surface area contributed by atoms with Gasteiger partial charge in [-0.25, -0.2) is 0 Å². The van der Waals surface area contributed by atoms with Gasteiger partial charge < -0.3 is 9.30 Å². The lowest BCUT2D eigenvalue weighted by Crippen LogP contribution is -2.37. The Morgan fingerprint density at radius 1 is 1.36 bits per heavy atom. The van der Waals surface area contributed by atoms with Crippen LogP contribution in [-0.2, 0) is 11.8 Å². The monoisotopic (exact) mass is 371 g/mol. The van der Waals surface area contributed by atoms with Crippen LogP contribution in [-0.4, -0.2) is 27.5 Å². The SMILES string of the molecule is Cn1cnnc1C(c1cccc(Br)c1)C1CC(OC(F)F)C1. The molecule has 0 bridgehead atoms. The highest BCUT2D eigenvalue weighted by Crippen LogP contribution is 2.44. The van der Waals surface area contributed by atoms with Crippen molar-refractivity contribution in [2.45, 2.75) is 31.5 Å². The minimum Gasteiger partial charge on any atom is -0.320 e. The molecule has 3 rings (SSSR count). The zero-order chi connectivity index (χ0) is 15.7. The molecule has 0 radical (unpaired) electrons. The second-order valence-corrected chi connectivity index (χ2v) is 6.50. The van der Waals surface area contributed by atoms with Gasteiger partial charge in [0, 0.05) is 17.4 Å². The molecule has 0 spiro atoms. The third-order valence-electron chi connectivity index (χ3n) is 4.13. The Morgan fingerprint density at radius 2 is 2.14 bits per heavy atom. The fourth-order valence-corrected chi connectivity index (χ4v) is 3.46. The normalized spacial score (nSPS) is 22.6. The van der Waals surface area contributed by atoms with Crippen LogP contribution in [0.25, 0.3) is 0 Å². The standard InChI is InChI=1S/C15H16BrF2N3O/c1-21-8-19-20-14(21)13(9-3-2-4-11(16)5-9)10-6-12(7-10)22-15(17)18/h2-5,8,10,12-13,15H,6-7H2,1H3. The number of ether oxygens (including phenoxy) is 1. The van der Waals surface area contributed by atoms with E-state index < -0.39 is 6.61 Å². The topological polar surface area (TPSA) is 39.9 Å². The van der Waals surface area contributed by atoms with Crippen molar-refractivity contribution in [3.63, 3.8) is 0 Å². The molecule has 1 atom stereocenters. The Balaban J connectivity index is 1.84. The van der Waals surface area contributed by atoms with Crippen molar-refractivity contribution in [3.8, 4) is 0 Å². The smallest absolute Gasteiger partial charge is 0.320 e. The number of alkyl halides is 2. The first-order chi connectivity index (χ1) is 10.5. The van der Waals surface area contributed by atoms with Crippen molar-refractivity contribution in [2.75, 3.05) is 0 Å². The zero-order valence-electron chi connectivity index (χ0n) is 12.0. The maximum Gasteiger partial charge on any atom is 0.345 e. The molecule has 0 aliphatic heterocycles. The van der Waals surface area contributed by atoms with Gasteiger partial charge in [-0.3, -0.25) is 0 Å². The molecule has 0 N–H and O–H groups in total. The van der Waals surface area contributed by atoms with Gasteiger partial charge in [0.15, 0.2) is 0 Å². The number of aromatic nitrogens is 3. The quantitative estimate of drug-likeness (QED) is 0.803. The van der Waals surface area contributed by atoms with E-state index in [1.165, 1.54) is 0 Å². The molecule has 118 valence electrons. The van der Waals surface area contributed by atoms with Gasteiger partial charge in [0.2, 0.25) is 0 Å². The van der Waals surface area contributed by atoms with E-state index in [0.29, 0.717) is 12.8 Å². The second-order valence-electron chi connectivity index (χ2n) is 5.58. The van der Waals surface area contributed by atoms with E-state index in [1.807, 2.05) is 35.9 Å². The van der Waals surface area contributed by atoms with Gasteiger partial charge >= 0.3 is 6.61 Å². The van der Waals surface area contributed by atoms with Crippen LogP contribution in [0.3, 0.4) is 0 Å². The summed E-state index contributed by atoms with van der Waals surface area (Å²) in [6, 6.07) is 8.00. The Morgan fingerprint density at radius 3 is 2.73 bits per heavy atom. The van der Waals surface area contributed by atoms with Crippen molar-refractivity contribution >= 4 is 15.9 Å². The van der Waals surface area contributed by atoms with Crippen LogP contribution in [0, 0.1) is 5.92 Å². The molecule has 0 saturated heterocycles. The molecule has 1 heterocycles. The predicted molar refractivity (Wildman–Crippen MR) is 80.6 cm³/mol. The van der Waals surface area contributed by atoms with E-state index in [2.05, 4.69) is 30.9 Å². The van der Waals surface area contributed by atoms with Crippen LogP contribution in [0.4, 0.5) is 8.78 Å². The first-order valence-electron chi connectivity index (χ1n) is 7.07. The van der Waals surface area contributed by atoms with Crippen LogP contribution in [0.15, 0.2) is 35.1 Å². The van der Waals surface area contributed by atoms with Crippen molar-refractivity contribution in [1.29, 1.82) is 0 Å². The highest BCUT2D eigenvalue weighted by molar-refractivity contribution is 9.10. The Labute approximate surface area is 135 Å². The van der Waals surface area contributed by atoms with E-state index >= 15 is 0 Å². The lowest BCUT2D eigenvalue weighted by Gasteiger charge is -2.39. The summed E-state index contributed by atoms with van der Waals surface area (Å²) < 4.78 is 32.0. The number of hydrogen-bond acceptors (Lipinski definition) is 3. The Bertz CT molecular complexity index is 643. The molecule has 1 aliphatic rings. The highest BCUT2D eigenvalue weighted by Gasteiger charge is 2.40. The molecule has 0 amide bonds. The van der Waals surface area contributed by atoms with E-state index in [9.17, 15) is 8.78 Å². The van der Waals surface area contributed by atoms with Crippen molar-refractivity contribution in [1.82, 2.24) is 14.8 Å². The molecule has 1 unspecified atom stereocenters. The Kier molecular flexibility index (Phi) is 4.54. The summed E-state index contributed by atoms with van der Waals surface area (Å²) in [5, 5.41) is 8.17. The fraction of sp³-hybridized carbons (Fsp3) is 0.467. The van der Waals surface area contributed by atoms with E-state index in [0.717, 1.165) is 15.9 Å². The van der Waals surface area contributed by atoms with Crippen molar-refractivity contribution in [3.05, 3.63) is 46.5 Å². The minimum absolute atomic E-state index is 0.0301. The van der Waals surface area contributed by atoms with Gasteiger partial charge in [-0.05, 0) is 36.5 Å². The third kappa shape index (κ3) is 3.20. The number of halogens is 3. The average Bonchev–Trinajstić information content (AvgIpc) is 2.82. The molecule has 4 nitrogen and oxygen atoms in total. The lowest BCUT2D eigenvalue weighted by atomic mass is 9.70. The zero-order valence-corrected chi connectivity index (χ0v) is 13.6. The number of nitrogens with zero attached hydrogens (tertiary/aromatic N) is 3. The molecule has 2 aromatic rings. The fourth-order valence-electron chi connectivity index (χ4n) is 3.04. The molecule has 1 aromatic carbocycles. The van der Waals surface area contributed by atoms with Gasteiger partial charge in [0.25, 0.3) is 0 Å². The van der Waals surface area contributed by atoms with Crippen LogP contribution in [0.2, 0.25) is 0 Å². The Hall–Kier alpha value is -1.34. The van der Waals surface area contributed by atoms with Gasteiger partial charge in [-0.2, -0.15) is 8.78 Å². The molecular formula is C15H16BrF2N3O. The lowest BCUT2D eigenvalue weighted by molar-refractivity contribution is -0.192. The van der Waals surface area contributed by atoms with Gasteiger partial charge in [0.1, 0.15) is 12.2 Å². The first-order valence-corrected chi connectivity index (χ1v) is 7.87. The van der Waals surface area contributed by atoms with E-state index in [4.69, 9.17) is 0 Å². The molecule has 22 heavy (non-hydrogen) atoms. The maximum atomic E-state index is 12.3. The predicted octanol–water partition coefficient (Wildman–Crippen LogP) is 3.73. The molecule has 1 fully saturated rings.